The summed E-state index contributed by atoms with van der Waals surface area (Å²) in [6.07, 6.45) is 0. The highest BCUT2D eigenvalue weighted by Crippen LogP contribution is 2.23. The quantitative estimate of drug-likeness (QED) is 0.732. The van der Waals surface area contributed by atoms with Crippen LogP contribution in [0.25, 0.3) is 0 Å². The van der Waals surface area contributed by atoms with Crippen molar-refractivity contribution in [2.24, 2.45) is 0 Å². The molecule has 0 unspecified atom stereocenters. The van der Waals surface area contributed by atoms with Crippen molar-refractivity contribution in [1.82, 2.24) is 10.1 Å². The van der Waals surface area contributed by atoms with E-state index in [0.717, 1.165) is 5.69 Å². The number of benzene rings is 1. The number of piperazine rings is 1. The van der Waals surface area contributed by atoms with Crippen molar-refractivity contribution in [3.8, 4) is 0 Å². The highest BCUT2D eigenvalue weighted by molar-refractivity contribution is 5.93. The molecule has 0 radical (unpaired) electrons. The van der Waals surface area contributed by atoms with E-state index in [1.807, 2.05) is 13.8 Å². The van der Waals surface area contributed by atoms with Crippen molar-refractivity contribution in [3.05, 3.63) is 47.1 Å². The molecule has 1 aromatic carbocycles. The lowest BCUT2D eigenvalue weighted by Gasteiger charge is -2.36. The van der Waals surface area contributed by atoms with Crippen molar-refractivity contribution in [3.63, 3.8) is 0 Å². The molecule has 0 atom stereocenters. The lowest BCUT2D eigenvalue weighted by Crippen LogP contribution is -2.49. The van der Waals surface area contributed by atoms with Gasteiger partial charge in [0.15, 0.2) is 12.4 Å². The Bertz CT molecular complexity index is 840. The largest absolute Gasteiger partial charge is 0.452 e. The first-order chi connectivity index (χ1) is 13.4. The molecule has 150 valence electrons. The van der Waals surface area contributed by atoms with Crippen LogP contribution < -0.4 is 4.90 Å². The number of carbonyl (C=O) groups is 2. The smallest absolute Gasteiger partial charge is 0.344 e. The maximum atomic E-state index is 13.0. The zero-order valence-corrected chi connectivity index (χ0v) is 16.3. The van der Waals surface area contributed by atoms with Crippen LogP contribution in [0.2, 0.25) is 0 Å². The van der Waals surface area contributed by atoms with Crippen LogP contribution in [0.5, 0.6) is 0 Å². The SMILES string of the molecule is Cc1noc(C(C)C)c1C(=O)OCC(=O)N1CCN(c2ccc(F)cc2)CC1. The normalized spacial score (nSPS) is 14.5. The van der Waals surface area contributed by atoms with Gasteiger partial charge in [0, 0.05) is 37.8 Å². The third-order valence-electron chi connectivity index (χ3n) is 4.77. The van der Waals surface area contributed by atoms with Gasteiger partial charge in [-0.05, 0) is 31.2 Å². The molecule has 1 aromatic heterocycles. The number of aromatic nitrogens is 1. The second-order valence-corrected chi connectivity index (χ2v) is 7.08. The number of ether oxygens (including phenoxy) is 1. The van der Waals surface area contributed by atoms with Gasteiger partial charge in [-0.3, -0.25) is 4.79 Å². The van der Waals surface area contributed by atoms with E-state index in [1.54, 1.807) is 24.0 Å². The number of nitrogens with zero attached hydrogens (tertiary/aromatic N) is 3. The summed E-state index contributed by atoms with van der Waals surface area (Å²) in [7, 11) is 0. The molecule has 2 aromatic rings. The Kier molecular flexibility index (Phi) is 5.96. The van der Waals surface area contributed by atoms with Gasteiger partial charge in [0.25, 0.3) is 5.91 Å². The summed E-state index contributed by atoms with van der Waals surface area (Å²) >= 11 is 0. The topological polar surface area (TPSA) is 75.9 Å². The number of halogens is 1. The molecule has 1 aliphatic rings. The molecule has 1 amide bonds. The van der Waals surface area contributed by atoms with Gasteiger partial charge in [0.05, 0.1) is 5.69 Å². The lowest BCUT2D eigenvalue weighted by molar-refractivity contribution is -0.134. The average Bonchev–Trinajstić information content (AvgIpc) is 3.08. The fourth-order valence-electron chi connectivity index (χ4n) is 3.19. The number of rotatable bonds is 5. The molecule has 7 nitrogen and oxygen atoms in total. The van der Waals surface area contributed by atoms with Gasteiger partial charge in [-0.15, -0.1) is 0 Å². The number of esters is 1. The number of hydrogen-bond donors (Lipinski definition) is 0. The highest BCUT2D eigenvalue weighted by Gasteiger charge is 2.26. The number of hydrogen-bond acceptors (Lipinski definition) is 6. The molecule has 1 aliphatic heterocycles. The number of amides is 1. The zero-order valence-electron chi connectivity index (χ0n) is 16.3. The van der Waals surface area contributed by atoms with Crippen LogP contribution in [0.15, 0.2) is 28.8 Å². The minimum atomic E-state index is -0.597. The van der Waals surface area contributed by atoms with Gasteiger partial charge < -0.3 is 19.1 Å². The van der Waals surface area contributed by atoms with E-state index < -0.39 is 5.97 Å². The Morgan fingerprint density at radius 3 is 2.43 bits per heavy atom. The van der Waals surface area contributed by atoms with Crippen LogP contribution in [0.3, 0.4) is 0 Å². The van der Waals surface area contributed by atoms with Crippen molar-refractivity contribution in [2.45, 2.75) is 26.7 Å². The van der Waals surface area contributed by atoms with E-state index in [4.69, 9.17) is 9.26 Å². The van der Waals surface area contributed by atoms with Crippen LogP contribution in [-0.2, 0) is 9.53 Å². The Morgan fingerprint density at radius 2 is 1.82 bits per heavy atom. The molecule has 1 saturated heterocycles. The molecule has 0 spiro atoms. The van der Waals surface area contributed by atoms with Crippen molar-refractivity contribution >= 4 is 17.6 Å². The molecular weight excluding hydrogens is 365 g/mol. The summed E-state index contributed by atoms with van der Waals surface area (Å²) in [5, 5.41) is 3.82. The molecule has 0 bridgehead atoms. The van der Waals surface area contributed by atoms with Gasteiger partial charge in [-0.25, -0.2) is 9.18 Å². The van der Waals surface area contributed by atoms with E-state index in [9.17, 15) is 14.0 Å². The van der Waals surface area contributed by atoms with Crippen LogP contribution in [0.4, 0.5) is 10.1 Å². The maximum absolute atomic E-state index is 13.0. The van der Waals surface area contributed by atoms with E-state index in [1.165, 1.54) is 12.1 Å². The van der Waals surface area contributed by atoms with Crippen LogP contribution in [-0.4, -0.2) is 54.7 Å². The Balaban J connectivity index is 1.52. The minimum absolute atomic E-state index is 0.0148. The first-order valence-corrected chi connectivity index (χ1v) is 9.28. The number of anilines is 1. The first kappa shape index (κ1) is 19.9. The molecular formula is C20H24FN3O4. The molecule has 0 saturated carbocycles. The standard InChI is InChI=1S/C20H24FN3O4/c1-13(2)19-18(14(3)22-28-19)20(26)27-12-17(25)24-10-8-23(9-11-24)16-6-4-15(21)5-7-16/h4-7,13H,8-12H2,1-3H3. The van der Waals surface area contributed by atoms with Gasteiger partial charge in [0.1, 0.15) is 11.4 Å². The first-order valence-electron chi connectivity index (χ1n) is 9.28. The second-order valence-electron chi connectivity index (χ2n) is 7.08. The van der Waals surface area contributed by atoms with E-state index >= 15 is 0 Å². The van der Waals surface area contributed by atoms with Crippen LogP contribution >= 0.6 is 0 Å². The number of carbonyl (C=O) groups excluding carboxylic acids is 2. The third-order valence-corrected chi connectivity index (χ3v) is 4.77. The summed E-state index contributed by atoms with van der Waals surface area (Å²) in [5.41, 5.74) is 1.67. The number of aryl methyl sites for hydroxylation is 1. The Morgan fingerprint density at radius 1 is 1.18 bits per heavy atom. The van der Waals surface area contributed by atoms with Gasteiger partial charge in [-0.1, -0.05) is 19.0 Å². The molecule has 2 heterocycles. The van der Waals surface area contributed by atoms with E-state index in [0.29, 0.717) is 43.2 Å². The van der Waals surface area contributed by atoms with Gasteiger partial charge in [0.2, 0.25) is 0 Å². The van der Waals surface area contributed by atoms with Crippen molar-refractivity contribution in [2.75, 3.05) is 37.7 Å². The monoisotopic (exact) mass is 389 g/mol. The minimum Gasteiger partial charge on any atom is -0.452 e. The highest BCUT2D eigenvalue weighted by atomic mass is 19.1. The van der Waals surface area contributed by atoms with Crippen molar-refractivity contribution in [1.29, 1.82) is 0 Å². The van der Waals surface area contributed by atoms with Crippen LogP contribution in [0.1, 0.15) is 41.6 Å². The Hall–Kier alpha value is -2.90. The molecule has 0 aliphatic carbocycles. The predicted molar refractivity (Wildman–Crippen MR) is 101 cm³/mol. The van der Waals surface area contributed by atoms with Crippen LogP contribution in [0, 0.1) is 12.7 Å². The molecule has 3 rings (SSSR count). The molecule has 8 heteroatoms. The second kappa shape index (κ2) is 8.41. The fraction of sp³-hybridized carbons (Fsp3) is 0.450. The average molecular weight is 389 g/mol. The summed E-state index contributed by atoms with van der Waals surface area (Å²) in [4.78, 5) is 28.5. The van der Waals surface area contributed by atoms with Crippen molar-refractivity contribution < 1.29 is 23.2 Å². The molecule has 1 fully saturated rings. The summed E-state index contributed by atoms with van der Waals surface area (Å²) in [5.74, 6) is -0.669. The Labute approximate surface area is 163 Å². The predicted octanol–water partition coefficient (Wildman–Crippen LogP) is 2.75. The summed E-state index contributed by atoms with van der Waals surface area (Å²) < 4.78 is 23.4. The van der Waals surface area contributed by atoms with Gasteiger partial charge in [-0.2, -0.15) is 0 Å². The maximum Gasteiger partial charge on any atom is 0.344 e. The fourth-order valence-corrected chi connectivity index (χ4v) is 3.19. The summed E-state index contributed by atoms with van der Waals surface area (Å²) in [6, 6.07) is 6.29. The molecule has 0 N–H and O–H groups in total. The third kappa shape index (κ3) is 4.32. The van der Waals surface area contributed by atoms with Gasteiger partial charge >= 0.3 is 5.97 Å². The molecule has 28 heavy (non-hydrogen) atoms. The zero-order chi connectivity index (χ0) is 20.3. The summed E-state index contributed by atoms with van der Waals surface area (Å²) in [6.45, 7) is 7.42. The van der Waals surface area contributed by atoms with E-state index in [2.05, 4.69) is 10.1 Å². The lowest BCUT2D eigenvalue weighted by atomic mass is 10.1. The van der Waals surface area contributed by atoms with E-state index in [-0.39, 0.29) is 24.2 Å².